The second-order valence-electron chi connectivity index (χ2n) is 6.25. The summed E-state index contributed by atoms with van der Waals surface area (Å²) in [5.41, 5.74) is 6.33. The molecule has 1 saturated heterocycles. The zero-order chi connectivity index (χ0) is 11.0. The van der Waals surface area contributed by atoms with Crippen LogP contribution >= 0.6 is 0 Å². The van der Waals surface area contributed by atoms with Crippen molar-refractivity contribution in [2.75, 3.05) is 32.8 Å². The maximum absolute atomic E-state index is 6.39. The van der Waals surface area contributed by atoms with Crippen LogP contribution < -0.4 is 5.73 Å². The normalized spacial score (nSPS) is 34.9. The Bertz CT molecular complexity index is 228. The van der Waals surface area contributed by atoms with E-state index in [2.05, 4.69) is 4.90 Å². The lowest BCUT2D eigenvalue weighted by Gasteiger charge is -2.31. The highest BCUT2D eigenvalue weighted by Crippen LogP contribution is 2.34. The molecule has 1 aliphatic heterocycles. The molecule has 1 unspecified atom stereocenters. The first-order chi connectivity index (χ1) is 7.73. The van der Waals surface area contributed by atoms with Crippen molar-refractivity contribution in [3.63, 3.8) is 0 Å². The van der Waals surface area contributed by atoms with Gasteiger partial charge in [-0.1, -0.05) is 0 Å². The molecular weight excluding hydrogens is 200 g/mol. The summed E-state index contributed by atoms with van der Waals surface area (Å²) in [6.45, 7) is 5.25. The molecule has 1 heterocycles. The van der Waals surface area contributed by atoms with Crippen LogP contribution in [0.5, 0.6) is 0 Å². The number of rotatable bonds is 6. The van der Waals surface area contributed by atoms with E-state index in [1.807, 2.05) is 0 Å². The van der Waals surface area contributed by atoms with Gasteiger partial charge in [0.1, 0.15) is 0 Å². The molecule has 0 amide bonds. The van der Waals surface area contributed by atoms with Gasteiger partial charge >= 0.3 is 0 Å². The molecule has 3 rings (SSSR count). The predicted molar refractivity (Wildman–Crippen MR) is 64.2 cm³/mol. The highest BCUT2D eigenvalue weighted by atomic mass is 16.5. The molecule has 0 spiro atoms. The van der Waals surface area contributed by atoms with Crippen LogP contribution in [0.2, 0.25) is 0 Å². The number of nitrogens with zero attached hydrogens (tertiary/aromatic N) is 1. The average Bonchev–Trinajstić information content (AvgIpc) is 3.12. The Kier molecular flexibility index (Phi) is 2.94. The summed E-state index contributed by atoms with van der Waals surface area (Å²) in [7, 11) is 0. The highest BCUT2D eigenvalue weighted by molar-refractivity contribution is 4.93. The number of hydrogen-bond acceptors (Lipinski definition) is 3. The Morgan fingerprint density at radius 1 is 1.12 bits per heavy atom. The van der Waals surface area contributed by atoms with Gasteiger partial charge in [-0.15, -0.1) is 0 Å². The average molecular weight is 224 g/mol. The van der Waals surface area contributed by atoms with Gasteiger partial charge in [-0.05, 0) is 43.9 Å². The third-order valence-corrected chi connectivity index (χ3v) is 4.10. The van der Waals surface area contributed by atoms with Crippen LogP contribution in [0, 0.1) is 11.8 Å². The van der Waals surface area contributed by atoms with Gasteiger partial charge in [0, 0.05) is 26.2 Å². The molecule has 3 aliphatic rings. The van der Waals surface area contributed by atoms with Crippen LogP contribution in [0.4, 0.5) is 0 Å². The number of hydrogen-bond donors (Lipinski definition) is 1. The van der Waals surface area contributed by atoms with E-state index >= 15 is 0 Å². The van der Waals surface area contributed by atoms with Crippen LogP contribution in [0.1, 0.15) is 32.1 Å². The monoisotopic (exact) mass is 224 g/mol. The first kappa shape index (κ1) is 11.0. The minimum absolute atomic E-state index is 0.0518. The lowest BCUT2D eigenvalue weighted by atomic mass is 9.99. The van der Waals surface area contributed by atoms with Crippen LogP contribution in [0.3, 0.4) is 0 Å². The predicted octanol–water partition coefficient (Wildman–Crippen LogP) is 1.23. The minimum atomic E-state index is -0.0518. The van der Waals surface area contributed by atoms with Gasteiger partial charge in [-0.3, -0.25) is 0 Å². The van der Waals surface area contributed by atoms with Gasteiger partial charge in [0.15, 0.2) is 0 Å². The maximum atomic E-state index is 6.39. The first-order valence-corrected chi connectivity index (χ1v) is 6.82. The number of nitrogens with two attached hydrogens (primary N) is 1. The molecule has 16 heavy (non-hydrogen) atoms. The van der Waals surface area contributed by atoms with Crippen molar-refractivity contribution in [1.82, 2.24) is 4.90 Å². The summed E-state index contributed by atoms with van der Waals surface area (Å²) in [4.78, 5) is 2.63. The topological polar surface area (TPSA) is 38.5 Å². The van der Waals surface area contributed by atoms with Crippen LogP contribution in [0.25, 0.3) is 0 Å². The van der Waals surface area contributed by atoms with E-state index < -0.39 is 0 Å². The Labute approximate surface area is 98.3 Å². The van der Waals surface area contributed by atoms with Crippen LogP contribution in [0.15, 0.2) is 0 Å². The van der Waals surface area contributed by atoms with E-state index in [1.165, 1.54) is 38.8 Å². The molecule has 0 aromatic carbocycles. The molecule has 0 radical (unpaired) electrons. The molecule has 2 saturated carbocycles. The second kappa shape index (κ2) is 4.28. The molecule has 2 N–H and O–H groups in total. The third-order valence-electron chi connectivity index (χ3n) is 4.10. The smallest absolute Gasteiger partial charge is 0.0659 e. The van der Waals surface area contributed by atoms with E-state index in [1.54, 1.807) is 0 Å². The SMILES string of the molecule is NC1(CN(CC2CC2)CC2CC2)CCOC1. The molecule has 1 atom stereocenters. The summed E-state index contributed by atoms with van der Waals surface area (Å²) in [5.74, 6) is 1.95. The van der Waals surface area contributed by atoms with Crippen molar-refractivity contribution in [3.05, 3.63) is 0 Å². The zero-order valence-corrected chi connectivity index (χ0v) is 10.2. The largest absolute Gasteiger partial charge is 0.379 e. The van der Waals surface area contributed by atoms with E-state index in [9.17, 15) is 0 Å². The molecule has 0 aromatic heterocycles. The van der Waals surface area contributed by atoms with Gasteiger partial charge in [0.2, 0.25) is 0 Å². The third kappa shape index (κ3) is 2.96. The summed E-state index contributed by atoms with van der Waals surface area (Å²) in [5, 5.41) is 0. The molecule has 3 nitrogen and oxygen atoms in total. The Morgan fingerprint density at radius 3 is 2.19 bits per heavy atom. The van der Waals surface area contributed by atoms with E-state index in [0.29, 0.717) is 0 Å². The Hall–Kier alpha value is -0.120. The molecular formula is C13H24N2O. The first-order valence-electron chi connectivity index (χ1n) is 6.82. The van der Waals surface area contributed by atoms with Crippen molar-refractivity contribution < 1.29 is 4.74 Å². The van der Waals surface area contributed by atoms with Crippen molar-refractivity contribution in [3.8, 4) is 0 Å². The molecule has 0 bridgehead atoms. The fraction of sp³-hybridized carbons (Fsp3) is 1.00. The molecule has 0 aromatic rings. The Morgan fingerprint density at radius 2 is 1.75 bits per heavy atom. The summed E-state index contributed by atoms with van der Waals surface area (Å²) < 4.78 is 5.45. The standard InChI is InChI=1S/C13H24N2O/c14-13(5-6-16-10-13)9-15(7-11-1-2-11)8-12-3-4-12/h11-12H,1-10,14H2. The van der Waals surface area contributed by atoms with Gasteiger partial charge in [-0.2, -0.15) is 0 Å². The van der Waals surface area contributed by atoms with Gasteiger partial charge in [0.25, 0.3) is 0 Å². The van der Waals surface area contributed by atoms with Gasteiger partial charge in [0.05, 0.1) is 12.1 Å². The lowest BCUT2D eigenvalue weighted by molar-refractivity contribution is 0.147. The fourth-order valence-electron chi connectivity index (χ4n) is 2.73. The second-order valence-corrected chi connectivity index (χ2v) is 6.25. The molecule has 2 aliphatic carbocycles. The van der Waals surface area contributed by atoms with Crippen molar-refractivity contribution in [2.24, 2.45) is 17.6 Å². The summed E-state index contributed by atoms with van der Waals surface area (Å²) >= 11 is 0. The summed E-state index contributed by atoms with van der Waals surface area (Å²) in [6.07, 6.45) is 6.80. The molecule has 3 heteroatoms. The van der Waals surface area contributed by atoms with Gasteiger partial charge in [-0.25, -0.2) is 0 Å². The quantitative estimate of drug-likeness (QED) is 0.737. The summed E-state index contributed by atoms with van der Waals surface area (Å²) in [6, 6.07) is 0. The van der Waals surface area contributed by atoms with E-state index in [0.717, 1.165) is 38.0 Å². The van der Waals surface area contributed by atoms with Crippen LogP contribution in [-0.4, -0.2) is 43.3 Å². The van der Waals surface area contributed by atoms with Crippen molar-refractivity contribution in [2.45, 2.75) is 37.6 Å². The lowest BCUT2D eigenvalue weighted by Crippen LogP contribution is -2.51. The van der Waals surface area contributed by atoms with Crippen molar-refractivity contribution >= 4 is 0 Å². The highest BCUT2D eigenvalue weighted by Gasteiger charge is 2.36. The molecule has 3 fully saturated rings. The Balaban J connectivity index is 1.52. The van der Waals surface area contributed by atoms with E-state index in [-0.39, 0.29) is 5.54 Å². The fourth-order valence-corrected chi connectivity index (χ4v) is 2.73. The number of ether oxygens (including phenoxy) is 1. The van der Waals surface area contributed by atoms with E-state index in [4.69, 9.17) is 10.5 Å². The van der Waals surface area contributed by atoms with Crippen molar-refractivity contribution in [1.29, 1.82) is 0 Å². The maximum Gasteiger partial charge on any atom is 0.0659 e. The minimum Gasteiger partial charge on any atom is -0.379 e. The van der Waals surface area contributed by atoms with Crippen LogP contribution in [-0.2, 0) is 4.74 Å². The zero-order valence-electron chi connectivity index (χ0n) is 10.2. The van der Waals surface area contributed by atoms with Gasteiger partial charge < -0.3 is 15.4 Å². The molecule has 92 valence electrons.